The molecule has 0 aromatic rings. The van der Waals surface area contributed by atoms with E-state index in [1.54, 1.807) is 13.2 Å². The smallest absolute Gasteiger partial charge is 0.196 e. The minimum absolute atomic E-state index is 0. The SMILES string of the molecule is COC1=C2O[C@H]3C(=O)C=C[C@H]4[C@H]5CC(C=C1)C2[C@@]34CCN5C.Cl.O. The third-order valence-corrected chi connectivity index (χ3v) is 6.72. The molecule has 2 heterocycles. The minimum atomic E-state index is -0.313. The molecule has 2 unspecified atom stereocenters. The molecule has 0 radical (unpaired) electrons. The molecule has 5 aliphatic rings. The fraction of sp³-hybridized carbons (Fsp3) is 0.611. The van der Waals surface area contributed by atoms with Crippen LogP contribution in [-0.4, -0.2) is 49.0 Å². The average molecular weight is 354 g/mol. The highest BCUT2D eigenvalue weighted by atomic mass is 35.5. The maximum Gasteiger partial charge on any atom is 0.196 e. The largest absolute Gasteiger partial charge is 0.493 e. The maximum absolute atomic E-state index is 12.6. The van der Waals surface area contributed by atoms with Gasteiger partial charge < -0.3 is 19.8 Å². The van der Waals surface area contributed by atoms with Gasteiger partial charge in [0.15, 0.2) is 17.6 Å². The van der Waals surface area contributed by atoms with Crippen LogP contribution in [0.4, 0.5) is 0 Å². The monoisotopic (exact) mass is 353 g/mol. The number of rotatable bonds is 1. The van der Waals surface area contributed by atoms with E-state index in [1.165, 1.54) is 0 Å². The van der Waals surface area contributed by atoms with Crippen molar-refractivity contribution in [2.75, 3.05) is 20.7 Å². The van der Waals surface area contributed by atoms with Gasteiger partial charge in [-0.25, -0.2) is 0 Å². The van der Waals surface area contributed by atoms with Crippen molar-refractivity contribution in [1.29, 1.82) is 0 Å². The number of allylic oxidation sites excluding steroid dienone is 3. The molecule has 0 aromatic heterocycles. The van der Waals surface area contributed by atoms with E-state index >= 15 is 0 Å². The summed E-state index contributed by atoms with van der Waals surface area (Å²) in [4.78, 5) is 15.0. The van der Waals surface area contributed by atoms with Crippen LogP contribution < -0.4 is 0 Å². The Morgan fingerprint density at radius 3 is 2.88 bits per heavy atom. The zero-order valence-electron chi connectivity index (χ0n) is 13.9. The number of nitrogens with zero attached hydrogens (tertiary/aromatic N) is 1. The number of piperidine rings is 1. The van der Waals surface area contributed by atoms with Crippen LogP contribution in [0.15, 0.2) is 35.8 Å². The van der Waals surface area contributed by atoms with Crippen molar-refractivity contribution >= 4 is 18.2 Å². The molecule has 0 amide bonds. The Hall–Kier alpha value is -1.30. The molecule has 1 saturated carbocycles. The molecule has 2 bridgehead atoms. The Morgan fingerprint density at radius 1 is 1.33 bits per heavy atom. The molecular formula is C18H24ClNO4. The predicted octanol–water partition coefficient (Wildman–Crippen LogP) is 1.49. The van der Waals surface area contributed by atoms with Gasteiger partial charge in [-0.15, -0.1) is 12.4 Å². The van der Waals surface area contributed by atoms with Crippen LogP contribution in [0, 0.1) is 23.2 Å². The van der Waals surface area contributed by atoms with Crippen LogP contribution in [-0.2, 0) is 14.3 Å². The highest BCUT2D eigenvalue weighted by Gasteiger charge is 2.69. The van der Waals surface area contributed by atoms with Crippen molar-refractivity contribution < 1.29 is 19.7 Å². The molecule has 6 heteroatoms. The number of likely N-dealkylation sites (tertiary alicyclic amines) is 1. The number of carbonyl (C=O) groups is 1. The van der Waals surface area contributed by atoms with Gasteiger partial charge in [-0.2, -0.15) is 0 Å². The number of ether oxygens (including phenoxy) is 2. The summed E-state index contributed by atoms with van der Waals surface area (Å²) in [5.41, 5.74) is -0.0597. The van der Waals surface area contributed by atoms with Crippen molar-refractivity contribution in [1.82, 2.24) is 4.90 Å². The molecule has 5 nitrogen and oxygen atoms in total. The van der Waals surface area contributed by atoms with Crippen molar-refractivity contribution in [3.63, 3.8) is 0 Å². The highest BCUT2D eigenvalue weighted by molar-refractivity contribution is 5.96. The van der Waals surface area contributed by atoms with Crippen LogP contribution in [0.5, 0.6) is 0 Å². The summed E-state index contributed by atoms with van der Waals surface area (Å²) in [6.07, 6.45) is 10.1. The Balaban J connectivity index is 0.000000845. The first-order chi connectivity index (χ1) is 10.7. The first kappa shape index (κ1) is 17.5. The minimum Gasteiger partial charge on any atom is -0.493 e. The second-order valence-electron chi connectivity index (χ2n) is 7.36. The maximum atomic E-state index is 12.6. The molecular weight excluding hydrogens is 330 g/mol. The van der Waals surface area contributed by atoms with Crippen molar-refractivity contribution in [2.24, 2.45) is 23.2 Å². The molecule has 5 rings (SSSR count). The van der Waals surface area contributed by atoms with E-state index in [0.717, 1.165) is 30.9 Å². The Labute approximate surface area is 148 Å². The van der Waals surface area contributed by atoms with E-state index in [9.17, 15) is 4.79 Å². The van der Waals surface area contributed by atoms with Gasteiger partial charge in [0.05, 0.1) is 7.11 Å². The molecule has 1 spiro atoms. The molecule has 3 aliphatic carbocycles. The molecule has 24 heavy (non-hydrogen) atoms. The van der Waals surface area contributed by atoms with Gasteiger partial charge in [0.25, 0.3) is 0 Å². The lowest BCUT2D eigenvalue weighted by Crippen LogP contribution is -2.64. The zero-order chi connectivity index (χ0) is 15.1. The second kappa shape index (κ2) is 5.61. The molecule has 6 atom stereocenters. The third kappa shape index (κ3) is 1.81. The molecule has 0 aromatic carbocycles. The van der Waals surface area contributed by atoms with Crippen LogP contribution >= 0.6 is 12.4 Å². The number of methoxy groups -OCH3 is 1. The number of ketones is 1. The van der Waals surface area contributed by atoms with Crippen molar-refractivity contribution in [3.05, 3.63) is 35.8 Å². The van der Waals surface area contributed by atoms with Crippen molar-refractivity contribution in [3.8, 4) is 0 Å². The van der Waals surface area contributed by atoms with Gasteiger partial charge in [0.1, 0.15) is 5.76 Å². The van der Waals surface area contributed by atoms with E-state index in [-0.39, 0.29) is 35.2 Å². The Morgan fingerprint density at radius 2 is 2.12 bits per heavy atom. The predicted molar refractivity (Wildman–Crippen MR) is 91.6 cm³/mol. The summed E-state index contributed by atoms with van der Waals surface area (Å²) in [6.45, 7) is 1.05. The van der Waals surface area contributed by atoms with Gasteiger partial charge in [-0.3, -0.25) is 4.79 Å². The number of carbonyl (C=O) groups excluding carboxylic acids is 1. The number of hydrogen-bond acceptors (Lipinski definition) is 4. The fourth-order valence-electron chi connectivity index (χ4n) is 5.83. The average Bonchev–Trinajstić information content (AvgIpc) is 2.88. The number of hydrogen-bond donors (Lipinski definition) is 0. The van der Waals surface area contributed by atoms with E-state index in [0.29, 0.717) is 23.8 Å². The highest BCUT2D eigenvalue weighted by Crippen LogP contribution is 2.66. The van der Waals surface area contributed by atoms with Gasteiger partial charge in [-0.05, 0) is 44.5 Å². The fourth-order valence-corrected chi connectivity index (χ4v) is 5.83. The van der Waals surface area contributed by atoms with Crippen LogP contribution in [0.1, 0.15) is 12.8 Å². The summed E-state index contributed by atoms with van der Waals surface area (Å²) in [5.74, 6) is 3.07. The zero-order valence-corrected chi connectivity index (χ0v) is 14.7. The Bertz CT molecular complexity index is 657. The van der Waals surface area contributed by atoms with E-state index in [2.05, 4.69) is 24.1 Å². The number of halogens is 1. The van der Waals surface area contributed by atoms with Crippen LogP contribution in [0.2, 0.25) is 0 Å². The molecule has 3 fully saturated rings. The normalized spacial score (nSPS) is 44.2. The lowest BCUT2D eigenvalue weighted by atomic mass is 9.48. The molecule has 132 valence electrons. The van der Waals surface area contributed by atoms with E-state index in [1.807, 2.05) is 6.08 Å². The standard InChI is InChI=1S/C18H21NO3.ClH.H2O/c1-19-8-7-18-11-4-5-13(20)17(18)22-16-14(21-2)6-3-10(15(16)18)9-12(11)19;;/h3-6,10-12,15,17H,7-9H2,1-2H3;1H;1H2/t10?,11-,12+,15?,17-,18-;;/m0../s1. The third-order valence-electron chi connectivity index (χ3n) is 6.72. The summed E-state index contributed by atoms with van der Waals surface area (Å²) < 4.78 is 11.8. The first-order valence-electron chi connectivity index (χ1n) is 8.22. The summed E-state index contributed by atoms with van der Waals surface area (Å²) >= 11 is 0. The van der Waals surface area contributed by atoms with E-state index in [4.69, 9.17) is 9.47 Å². The Kier molecular flexibility index (Phi) is 4.10. The molecule has 2 saturated heterocycles. The van der Waals surface area contributed by atoms with Gasteiger partial charge in [0, 0.05) is 23.3 Å². The van der Waals surface area contributed by atoms with Crippen molar-refractivity contribution in [2.45, 2.75) is 25.0 Å². The lowest BCUT2D eigenvalue weighted by Gasteiger charge is -2.59. The topological polar surface area (TPSA) is 70.3 Å². The quantitative estimate of drug-likeness (QED) is 0.716. The summed E-state index contributed by atoms with van der Waals surface area (Å²) in [5, 5.41) is 0. The van der Waals surface area contributed by atoms with Crippen LogP contribution in [0.25, 0.3) is 0 Å². The molecule has 2 N–H and O–H groups in total. The summed E-state index contributed by atoms with van der Waals surface area (Å²) in [6, 6.07) is 0.513. The summed E-state index contributed by atoms with van der Waals surface area (Å²) in [7, 11) is 3.91. The first-order valence-corrected chi connectivity index (χ1v) is 8.22. The lowest BCUT2D eigenvalue weighted by molar-refractivity contribution is -0.140. The van der Waals surface area contributed by atoms with E-state index < -0.39 is 0 Å². The van der Waals surface area contributed by atoms with Gasteiger partial charge in [0.2, 0.25) is 0 Å². The van der Waals surface area contributed by atoms with Gasteiger partial charge in [-0.1, -0.05) is 12.2 Å². The van der Waals surface area contributed by atoms with Crippen LogP contribution in [0.3, 0.4) is 0 Å². The van der Waals surface area contributed by atoms with Gasteiger partial charge >= 0.3 is 0 Å². The second-order valence-corrected chi connectivity index (χ2v) is 7.36. The molecule has 2 aliphatic heterocycles.